The summed E-state index contributed by atoms with van der Waals surface area (Å²) < 4.78 is 46.4. The predicted molar refractivity (Wildman–Crippen MR) is 99.5 cm³/mol. The molecule has 1 saturated carbocycles. The molecule has 0 unspecified atom stereocenters. The summed E-state index contributed by atoms with van der Waals surface area (Å²) >= 11 is 0. The second-order valence-electron chi connectivity index (χ2n) is 7.13. The first-order chi connectivity index (χ1) is 13.3. The number of aromatic nitrogens is 2. The van der Waals surface area contributed by atoms with Crippen LogP contribution in [0.5, 0.6) is 5.75 Å². The third kappa shape index (κ3) is 4.31. The molecule has 2 N–H and O–H groups in total. The Morgan fingerprint density at radius 2 is 1.93 bits per heavy atom. The fraction of sp³-hybridized carbons (Fsp3) is 0.500. The third-order valence-corrected chi connectivity index (χ3v) is 5.09. The maximum atomic E-state index is 13.6. The Labute approximate surface area is 161 Å². The van der Waals surface area contributed by atoms with Crippen molar-refractivity contribution in [1.82, 2.24) is 9.78 Å². The van der Waals surface area contributed by atoms with Gasteiger partial charge in [-0.05, 0) is 44.0 Å². The second kappa shape index (κ2) is 8.24. The van der Waals surface area contributed by atoms with Gasteiger partial charge in [-0.2, -0.15) is 5.10 Å². The highest BCUT2D eigenvalue weighted by Crippen LogP contribution is 2.41. The number of nitrogens with two attached hydrogens (primary N) is 1. The van der Waals surface area contributed by atoms with Gasteiger partial charge >= 0.3 is 0 Å². The molecule has 1 heterocycles. The number of primary amides is 1. The molecular formula is C20H24F3N3O2. The Morgan fingerprint density at radius 3 is 2.50 bits per heavy atom. The Morgan fingerprint density at radius 1 is 1.29 bits per heavy atom. The van der Waals surface area contributed by atoms with Crippen LogP contribution < -0.4 is 10.5 Å². The van der Waals surface area contributed by atoms with Crippen molar-refractivity contribution in [2.45, 2.75) is 51.0 Å². The number of hydrogen-bond donors (Lipinski definition) is 1. The molecule has 152 valence electrons. The van der Waals surface area contributed by atoms with E-state index in [1.807, 2.05) is 12.1 Å². The van der Waals surface area contributed by atoms with Crippen LogP contribution in [0.25, 0.3) is 11.3 Å². The van der Waals surface area contributed by atoms with Crippen molar-refractivity contribution in [3.05, 3.63) is 35.5 Å². The molecule has 8 heteroatoms. The predicted octanol–water partition coefficient (Wildman–Crippen LogP) is 4.45. The number of benzene rings is 1. The normalized spacial score (nSPS) is 16.9. The average molecular weight is 395 g/mol. The first-order valence-corrected chi connectivity index (χ1v) is 9.38. The minimum Gasteiger partial charge on any atom is -0.493 e. The van der Waals surface area contributed by atoms with Gasteiger partial charge in [0.15, 0.2) is 5.69 Å². The molecule has 1 amide bonds. The molecule has 1 aromatic carbocycles. The van der Waals surface area contributed by atoms with E-state index in [0.717, 1.165) is 5.56 Å². The van der Waals surface area contributed by atoms with E-state index in [9.17, 15) is 18.0 Å². The smallest absolute Gasteiger partial charge is 0.269 e. The monoisotopic (exact) mass is 395 g/mol. The molecule has 2 aromatic rings. The number of carbonyl (C=O) groups excluding carboxylic acids is 1. The molecule has 0 saturated heterocycles. The molecule has 1 aliphatic carbocycles. The molecular weight excluding hydrogens is 371 g/mol. The van der Waals surface area contributed by atoms with Gasteiger partial charge in [0.25, 0.3) is 5.91 Å². The summed E-state index contributed by atoms with van der Waals surface area (Å²) in [6.45, 7) is 1.60. The highest BCUT2D eigenvalue weighted by Gasteiger charge is 2.37. The summed E-state index contributed by atoms with van der Waals surface area (Å²) in [7, 11) is 0. The first kappa shape index (κ1) is 20.2. The molecule has 0 radical (unpaired) electrons. The Hall–Kier alpha value is -2.51. The van der Waals surface area contributed by atoms with E-state index in [1.54, 1.807) is 23.7 Å². The number of carbonyl (C=O) groups is 1. The van der Waals surface area contributed by atoms with Gasteiger partial charge < -0.3 is 10.5 Å². The van der Waals surface area contributed by atoms with Crippen molar-refractivity contribution in [1.29, 1.82) is 0 Å². The van der Waals surface area contributed by atoms with Crippen LogP contribution in [-0.4, -0.2) is 34.9 Å². The standard InChI is InChI=1S/C20H24F3N3O2/c1-13-17(19(24)27)25-26(15-7-9-20(22,23)10-8-15)18(13)14-3-5-16(6-4-14)28-12-2-11-21/h3-6,15H,2,7-12H2,1H3,(H2,24,27). The summed E-state index contributed by atoms with van der Waals surface area (Å²) in [6, 6.07) is 6.91. The van der Waals surface area contributed by atoms with Gasteiger partial charge in [-0.1, -0.05) is 0 Å². The van der Waals surface area contributed by atoms with Crippen LogP contribution in [0.15, 0.2) is 24.3 Å². The molecule has 0 bridgehead atoms. The molecule has 1 fully saturated rings. The lowest BCUT2D eigenvalue weighted by Gasteiger charge is -2.29. The minimum absolute atomic E-state index is 0.149. The largest absolute Gasteiger partial charge is 0.493 e. The van der Waals surface area contributed by atoms with Gasteiger partial charge in [0.1, 0.15) is 5.75 Å². The lowest BCUT2D eigenvalue weighted by atomic mass is 9.92. The lowest BCUT2D eigenvalue weighted by molar-refractivity contribution is -0.0448. The van der Waals surface area contributed by atoms with Crippen molar-refractivity contribution in [3.63, 3.8) is 0 Å². The maximum absolute atomic E-state index is 13.6. The van der Waals surface area contributed by atoms with Gasteiger partial charge in [0.05, 0.1) is 25.0 Å². The average Bonchev–Trinajstić information content (AvgIpc) is 3.00. The summed E-state index contributed by atoms with van der Waals surface area (Å²) in [5.74, 6) is -2.69. The van der Waals surface area contributed by atoms with E-state index in [-0.39, 0.29) is 44.0 Å². The Kier molecular flexibility index (Phi) is 5.96. The molecule has 1 aliphatic rings. The number of alkyl halides is 3. The van der Waals surface area contributed by atoms with E-state index in [2.05, 4.69) is 5.10 Å². The van der Waals surface area contributed by atoms with Crippen molar-refractivity contribution >= 4 is 5.91 Å². The van der Waals surface area contributed by atoms with Gasteiger partial charge in [-0.3, -0.25) is 13.9 Å². The highest BCUT2D eigenvalue weighted by molar-refractivity contribution is 5.94. The van der Waals surface area contributed by atoms with Crippen LogP contribution in [0.4, 0.5) is 13.2 Å². The number of rotatable bonds is 7. The van der Waals surface area contributed by atoms with E-state index in [0.29, 0.717) is 23.4 Å². The summed E-state index contributed by atoms with van der Waals surface area (Å²) in [5.41, 5.74) is 7.70. The van der Waals surface area contributed by atoms with Crippen LogP contribution in [0, 0.1) is 6.92 Å². The third-order valence-electron chi connectivity index (χ3n) is 5.09. The molecule has 0 spiro atoms. The zero-order valence-electron chi connectivity index (χ0n) is 15.8. The van der Waals surface area contributed by atoms with Gasteiger partial charge in [0, 0.05) is 30.4 Å². The van der Waals surface area contributed by atoms with Crippen molar-refractivity contribution in [3.8, 4) is 17.0 Å². The molecule has 5 nitrogen and oxygen atoms in total. The van der Waals surface area contributed by atoms with Gasteiger partial charge in [-0.25, -0.2) is 8.78 Å². The fourth-order valence-electron chi connectivity index (χ4n) is 3.59. The Balaban J connectivity index is 1.92. The number of amides is 1. The minimum atomic E-state index is -2.65. The SMILES string of the molecule is Cc1c(C(N)=O)nn(C2CCC(F)(F)CC2)c1-c1ccc(OCCCF)cc1. The van der Waals surface area contributed by atoms with Gasteiger partial charge in [0.2, 0.25) is 5.92 Å². The molecule has 28 heavy (non-hydrogen) atoms. The van der Waals surface area contributed by atoms with Crippen LogP contribution in [0.3, 0.4) is 0 Å². The summed E-state index contributed by atoms with van der Waals surface area (Å²) in [5, 5.41) is 4.36. The van der Waals surface area contributed by atoms with Crippen LogP contribution in [0.2, 0.25) is 0 Å². The van der Waals surface area contributed by atoms with E-state index in [1.165, 1.54) is 0 Å². The van der Waals surface area contributed by atoms with Crippen LogP contribution >= 0.6 is 0 Å². The summed E-state index contributed by atoms with van der Waals surface area (Å²) in [4.78, 5) is 11.8. The zero-order chi connectivity index (χ0) is 20.3. The van der Waals surface area contributed by atoms with E-state index < -0.39 is 18.5 Å². The molecule has 3 rings (SSSR count). The zero-order valence-corrected chi connectivity index (χ0v) is 15.8. The number of halogens is 3. The summed E-state index contributed by atoms with van der Waals surface area (Å²) in [6.07, 6.45) is 0.474. The van der Waals surface area contributed by atoms with Crippen molar-refractivity contribution in [2.24, 2.45) is 5.73 Å². The van der Waals surface area contributed by atoms with Crippen LogP contribution in [-0.2, 0) is 0 Å². The first-order valence-electron chi connectivity index (χ1n) is 9.38. The van der Waals surface area contributed by atoms with E-state index in [4.69, 9.17) is 10.5 Å². The number of nitrogens with zero attached hydrogens (tertiary/aromatic N) is 2. The number of ether oxygens (including phenoxy) is 1. The molecule has 1 aromatic heterocycles. The van der Waals surface area contributed by atoms with Crippen molar-refractivity contribution in [2.75, 3.05) is 13.3 Å². The second-order valence-corrected chi connectivity index (χ2v) is 7.13. The number of hydrogen-bond acceptors (Lipinski definition) is 3. The van der Waals surface area contributed by atoms with Crippen LogP contribution in [0.1, 0.15) is 54.2 Å². The van der Waals surface area contributed by atoms with Crippen molar-refractivity contribution < 1.29 is 22.7 Å². The molecule has 0 atom stereocenters. The molecule has 0 aliphatic heterocycles. The van der Waals surface area contributed by atoms with Gasteiger partial charge in [-0.15, -0.1) is 0 Å². The topological polar surface area (TPSA) is 70.1 Å². The van der Waals surface area contributed by atoms with E-state index >= 15 is 0 Å². The fourth-order valence-corrected chi connectivity index (χ4v) is 3.59. The maximum Gasteiger partial charge on any atom is 0.269 e. The Bertz CT molecular complexity index is 824. The highest BCUT2D eigenvalue weighted by atomic mass is 19.3. The quantitative estimate of drug-likeness (QED) is 0.705. The lowest BCUT2D eigenvalue weighted by Crippen LogP contribution is -2.27.